The number of benzene rings is 3. The van der Waals surface area contributed by atoms with E-state index in [2.05, 4.69) is 20.8 Å². The highest BCUT2D eigenvalue weighted by atomic mass is 32.2. The Labute approximate surface area is 243 Å². The Hall–Kier alpha value is -4.72. The topological polar surface area (TPSA) is 117 Å². The SMILES string of the molecule is COc1ccc(NC(=O)CSc2nnc(CNC(=O)c3ccccc3C(F)(F)F)n2-c2cc(OC)ccc2OC)cc1. The van der Waals surface area contributed by atoms with Crippen LogP contribution in [-0.2, 0) is 17.5 Å². The largest absolute Gasteiger partial charge is 0.497 e. The second kappa shape index (κ2) is 13.3. The van der Waals surface area contributed by atoms with Gasteiger partial charge in [-0.2, -0.15) is 13.2 Å². The molecule has 2 N–H and O–H groups in total. The highest BCUT2D eigenvalue weighted by molar-refractivity contribution is 7.99. The molecule has 4 aromatic rings. The summed E-state index contributed by atoms with van der Waals surface area (Å²) < 4.78 is 57.9. The third kappa shape index (κ3) is 7.13. The number of hydrogen-bond acceptors (Lipinski definition) is 8. The van der Waals surface area contributed by atoms with Gasteiger partial charge in [0.25, 0.3) is 5.91 Å². The summed E-state index contributed by atoms with van der Waals surface area (Å²) in [6, 6.07) is 16.3. The molecule has 0 aliphatic heterocycles. The molecular weight excluding hydrogens is 575 g/mol. The molecule has 1 heterocycles. The number of amides is 2. The Morgan fingerprint density at radius 3 is 2.26 bits per heavy atom. The van der Waals surface area contributed by atoms with Crippen LogP contribution in [0.5, 0.6) is 17.2 Å². The lowest BCUT2D eigenvalue weighted by Crippen LogP contribution is -2.27. The molecule has 3 aromatic carbocycles. The first-order chi connectivity index (χ1) is 20.1. The van der Waals surface area contributed by atoms with Crippen LogP contribution in [0, 0.1) is 0 Å². The minimum Gasteiger partial charge on any atom is -0.497 e. The van der Waals surface area contributed by atoms with Crippen molar-refractivity contribution in [3.05, 3.63) is 83.7 Å². The molecule has 2 amide bonds. The molecule has 4 rings (SSSR count). The maximum atomic E-state index is 13.5. The van der Waals surface area contributed by atoms with E-state index in [1.54, 1.807) is 54.1 Å². The maximum Gasteiger partial charge on any atom is 0.417 e. The van der Waals surface area contributed by atoms with E-state index in [1.807, 2.05) is 0 Å². The van der Waals surface area contributed by atoms with Crippen molar-refractivity contribution in [3.8, 4) is 22.9 Å². The number of ether oxygens (including phenoxy) is 3. The van der Waals surface area contributed by atoms with Gasteiger partial charge in [-0.25, -0.2) is 0 Å². The molecule has 0 spiro atoms. The van der Waals surface area contributed by atoms with Crippen molar-refractivity contribution in [2.45, 2.75) is 17.9 Å². The number of alkyl halides is 3. The number of nitrogens with one attached hydrogen (secondary N) is 2. The molecular formula is C28H26F3N5O5S. The van der Waals surface area contributed by atoms with Gasteiger partial charge in [0.1, 0.15) is 17.2 Å². The number of nitrogens with zero attached hydrogens (tertiary/aromatic N) is 3. The summed E-state index contributed by atoms with van der Waals surface area (Å²) in [6.07, 6.45) is -4.71. The molecule has 10 nitrogen and oxygen atoms in total. The molecule has 0 bridgehead atoms. The van der Waals surface area contributed by atoms with Crippen LogP contribution in [0.2, 0.25) is 0 Å². The fraction of sp³-hybridized carbons (Fsp3) is 0.214. The first-order valence-electron chi connectivity index (χ1n) is 12.3. The van der Waals surface area contributed by atoms with E-state index in [4.69, 9.17) is 14.2 Å². The lowest BCUT2D eigenvalue weighted by atomic mass is 10.1. The molecule has 0 saturated carbocycles. The van der Waals surface area contributed by atoms with Gasteiger partial charge in [-0.05, 0) is 48.5 Å². The first kappa shape index (κ1) is 30.2. The van der Waals surface area contributed by atoms with E-state index in [1.165, 1.54) is 26.4 Å². The van der Waals surface area contributed by atoms with Crippen LogP contribution in [-0.4, -0.2) is 53.7 Å². The first-order valence-corrected chi connectivity index (χ1v) is 13.3. The van der Waals surface area contributed by atoms with Crippen LogP contribution >= 0.6 is 11.8 Å². The Morgan fingerprint density at radius 2 is 1.60 bits per heavy atom. The Morgan fingerprint density at radius 1 is 0.905 bits per heavy atom. The van der Waals surface area contributed by atoms with Gasteiger partial charge in [0, 0.05) is 11.8 Å². The molecule has 0 unspecified atom stereocenters. The molecule has 42 heavy (non-hydrogen) atoms. The number of aromatic nitrogens is 3. The summed E-state index contributed by atoms with van der Waals surface area (Å²) in [5, 5.41) is 13.9. The number of carbonyl (C=O) groups excluding carboxylic acids is 2. The predicted molar refractivity (Wildman–Crippen MR) is 149 cm³/mol. The van der Waals surface area contributed by atoms with Gasteiger partial charge in [-0.1, -0.05) is 23.9 Å². The van der Waals surface area contributed by atoms with Gasteiger partial charge in [-0.15, -0.1) is 10.2 Å². The van der Waals surface area contributed by atoms with Gasteiger partial charge in [-0.3, -0.25) is 14.2 Å². The third-order valence-electron chi connectivity index (χ3n) is 5.92. The van der Waals surface area contributed by atoms with Crippen molar-refractivity contribution in [2.75, 3.05) is 32.4 Å². The normalized spacial score (nSPS) is 11.1. The van der Waals surface area contributed by atoms with Gasteiger partial charge in [0.2, 0.25) is 5.91 Å². The van der Waals surface area contributed by atoms with Crippen LogP contribution in [0.3, 0.4) is 0 Å². The highest BCUT2D eigenvalue weighted by Crippen LogP contribution is 2.33. The number of rotatable bonds is 11. The van der Waals surface area contributed by atoms with Crippen LogP contribution < -0.4 is 24.8 Å². The van der Waals surface area contributed by atoms with Crippen molar-refractivity contribution in [2.24, 2.45) is 0 Å². The summed E-state index contributed by atoms with van der Waals surface area (Å²) >= 11 is 1.06. The number of carbonyl (C=O) groups is 2. The fourth-order valence-corrected chi connectivity index (χ4v) is 4.67. The van der Waals surface area contributed by atoms with E-state index in [9.17, 15) is 22.8 Å². The molecule has 0 saturated heterocycles. The number of thioether (sulfide) groups is 1. The van der Waals surface area contributed by atoms with Crippen molar-refractivity contribution in [3.63, 3.8) is 0 Å². The molecule has 14 heteroatoms. The summed E-state index contributed by atoms with van der Waals surface area (Å²) in [4.78, 5) is 25.5. The standard InChI is InChI=1S/C28H26F3N5O5S/c1-39-18-10-8-17(9-11-18)33-25(37)16-42-27-35-34-24(36(27)22-14-19(40-2)12-13-23(22)41-3)15-32-26(38)20-6-4-5-7-21(20)28(29,30)31/h4-14H,15-16H2,1-3H3,(H,32,38)(H,33,37). The lowest BCUT2D eigenvalue weighted by molar-refractivity contribution is -0.138. The van der Waals surface area contributed by atoms with Crippen molar-refractivity contribution < 1.29 is 37.0 Å². The number of anilines is 1. The summed E-state index contributed by atoms with van der Waals surface area (Å²) in [5.41, 5.74) is -0.586. The van der Waals surface area contributed by atoms with E-state index in [0.717, 1.165) is 23.9 Å². The van der Waals surface area contributed by atoms with Gasteiger partial charge >= 0.3 is 6.18 Å². The zero-order valence-electron chi connectivity index (χ0n) is 22.7. The van der Waals surface area contributed by atoms with Gasteiger partial charge in [0.05, 0.1) is 50.4 Å². The lowest BCUT2D eigenvalue weighted by Gasteiger charge is -2.16. The number of methoxy groups -OCH3 is 3. The zero-order valence-corrected chi connectivity index (χ0v) is 23.5. The quantitative estimate of drug-likeness (QED) is 0.232. The molecule has 0 fully saturated rings. The average Bonchev–Trinajstić information content (AvgIpc) is 3.40. The monoisotopic (exact) mass is 601 g/mol. The van der Waals surface area contributed by atoms with Gasteiger partial charge < -0.3 is 24.8 Å². The van der Waals surface area contributed by atoms with E-state index >= 15 is 0 Å². The second-order valence-corrected chi connectivity index (χ2v) is 9.51. The highest BCUT2D eigenvalue weighted by Gasteiger charge is 2.35. The molecule has 0 atom stereocenters. The number of hydrogen-bond donors (Lipinski definition) is 2. The van der Waals surface area contributed by atoms with Gasteiger partial charge in [0.15, 0.2) is 11.0 Å². The van der Waals surface area contributed by atoms with Crippen LogP contribution in [0.25, 0.3) is 5.69 Å². The molecule has 220 valence electrons. The predicted octanol–water partition coefficient (Wildman–Crippen LogP) is 4.97. The summed E-state index contributed by atoms with van der Waals surface area (Å²) in [5.74, 6) is 0.375. The zero-order chi connectivity index (χ0) is 30.3. The Kier molecular flexibility index (Phi) is 9.57. The average molecular weight is 602 g/mol. The molecule has 0 radical (unpaired) electrons. The van der Waals surface area contributed by atoms with Crippen LogP contribution in [0.4, 0.5) is 18.9 Å². The molecule has 0 aliphatic carbocycles. The van der Waals surface area contributed by atoms with Crippen LogP contribution in [0.1, 0.15) is 21.7 Å². The van der Waals surface area contributed by atoms with Crippen LogP contribution in [0.15, 0.2) is 71.9 Å². The summed E-state index contributed by atoms with van der Waals surface area (Å²) in [6.45, 7) is -0.281. The fourth-order valence-electron chi connectivity index (χ4n) is 3.91. The van der Waals surface area contributed by atoms with Crippen molar-refractivity contribution in [1.82, 2.24) is 20.1 Å². The minimum atomic E-state index is -4.71. The Balaban J connectivity index is 1.60. The minimum absolute atomic E-state index is 0.0538. The van der Waals surface area contributed by atoms with E-state index < -0.39 is 23.2 Å². The summed E-state index contributed by atoms with van der Waals surface area (Å²) in [7, 11) is 4.48. The second-order valence-electron chi connectivity index (χ2n) is 8.56. The van der Waals surface area contributed by atoms with Crippen molar-refractivity contribution >= 4 is 29.3 Å². The molecule has 1 aromatic heterocycles. The van der Waals surface area contributed by atoms with E-state index in [-0.39, 0.29) is 29.2 Å². The third-order valence-corrected chi connectivity index (χ3v) is 6.85. The Bertz CT molecular complexity index is 1560. The molecule has 0 aliphatic rings. The maximum absolute atomic E-state index is 13.5. The number of halogens is 3. The van der Waals surface area contributed by atoms with E-state index in [0.29, 0.717) is 28.6 Å². The van der Waals surface area contributed by atoms with Crippen molar-refractivity contribution in [1.29, 1.82) is 0 Å². The smallest absolute Gasteiger partial charge is 0.417 e.